The van der Waals surface area contributed by atoms with Crippen molar-refractivity contribution in [2.45, 2.75) is 4.90 Å². The van der Waals surface area contributed by atoms with Gasteiger partial charge in [0, 0.05) is 35.9 Å². The van der Waals surface area contributed by atoms with Crippen LogP contribution in [-0.2, 0) is 10.0 Å². The van der Waals surface area contributed by atoms with Crippen molar-refractivity contribution in [1.29, 1.82) is 0 Å². The van der Waals surface area contributed by atoms with Gasteiger partial charge in [0.05, 0.1) is 10.6 Å². The number of halogens is 1. The van der Waals surface area contributed by atoms with Gasteiger partial charge in [0.15, 0.2) is 0 Å². The van der Waals surface area contributed by atoms with Crippen molar-refractivity contribution in [3.05, 3.63) is 88.9 Å². The van der Waals surface area contributed by atoms with Crippen LogP contribution in [-0.4, -0.2) is 39.2 Å². The molecular weight excluding hydrogens is 438 g/mol. The van der Waals surface area contributed by atoms with Crippen LogP contribution in [0.3, 0.4) is 0 Å². The molecule has 0 aliphatic rings. The molecule has 2 amide bonds. The molecule has 0 heterocycles. The third-order valence-corrected chi connectivity index (χ3v) is 5.87. The smallest absolute Gasteiger partial charge is 0.261 e. The second-order valence-corrected chi connectivity index (χ2v) is 9.00. The minimum absolute atomic E-state index is 0.0725. The Morgan fingerprint density at radius 2 is 1.48 bits per heavy atom. The lowest BCUT2D eigenvalue weighted by Gasteiger charge is -2.12. The average Bonchev–Trinajstić information content (AvgIpc) is 2.73. The minimum atomic E-state index is -3.93. The Hall–Kier alpha value is -3.36. The molecule has 0 aromatic heterocycles. The van der Waals surface area contributed by atoms with E-state index in [4.69, 9.17) is 11.6 Å². The van der Waals surface area contributed by atoms with E-state index in [0.717, 1.165) is 0 Å². The maximum atomic E-state index is 12.7. The molecule has 3 rings (SSSR count). The highest BCUT2D eigenvalue weighted by Crippen LogP contribution is 2.21. The number of amides is 2. The van der Waals surface area contributed by atoms with E-state index in [9.17, 15) is 18.0 Å². The second kappa shape index (κ2) is 9.20. The van der Waals surface area contributed by atoms with Crippen molar-refractivity contribution in [1.82, 2.24) is 4.90 Å². The number of hydrogen-bond donors (Lipinski definition) is 2. The summed E-state index contributed by atoms with van der Waals surface area (Å²) in [4.78, 5) is 26.1. The standard InChI is InChI=1S/C22H20ClN3O4S/c1-26(2)22(28)16-7-3-9-18(12-16)24-21(27)15-6-4-11-20(13-15)31(29,30)25-19-10-5-8-17(23)14-19/h3-14,25H,1-2H3,(H,24,27). The van der Waals surface area contributed by atoms with Crippen LogP contribution in [0.25, 0.3) is 0 Å². The number of nitrogens with one attached hydrogen (secondary N) is 2. The summed E-state index contributed by atoms with van der Waals surface area (Å²) in [7, 11) is -0.654. The SMILES string of the molecule is CN(C)C(=O)c1cccc(NC(=O)c2cccc(S(=O)(=O)Nc3cccc(Cl)c3)c2)c1. The van der Waals surface area contributed by atoms with E-state index in [2.05, 4.69) is 10.0 Å². The van der Waals surface area contributed by atoms with Gasteiger partial charge >= 0.3 is 0 Å². The molecule has 0 atom stereocenters. The summed E-state index contributed by atoms with van der Waals surface area (Å²) < 4.78 is 27.8. The molecule has 0 fully saturated rings. The molecule has 7 nitrogen and oxygen atoms in total. The molecule has 0 unspecified atom stereocenters. The Balaban J connectivity index is 1.80. The summed E-state index contributed by atoms with van der Waals surface area (Å²) in [6.07, 6.45) is 0. The third-order valence-electron chi connectivity index (χ3n) is 4.26. The Morgan fingerprint density at radius 1 is 0.839 bits per heavy atom. The topological polar surface area (TPSA) is 95.6 Å². The molecule has 0 aliphatic heterocycles. The van der Waals surface area contributed by atoms with Gasteiger partial charge in [-0.05, 0) is 54.6 Å². The molecule has 160 valence electrons. The van der Waals surface area contributed by atoms with E-state index in [-0.39, 0.29) is 16.4 Å². The van der Waals surface area contributed by atoms with Gasteiger partial charge in [-0.3, -0.25) is 14.3 Å². The number of benzene rings is 3. The van der Waals surface area contributed by atoms with Gasteiger partial charge < -0.3 is 10.2 Å². The van der Waals surface area contributed by atoms with Crippen LogP contribution in [0.15, 0.2) is 77.7 Å². The van der Waals surface area contributed by atoms with Crippen molar-refractivity contribution >= 4 is 44.8 Å². The molecule has 2 N–H and O–H groups in total. The average molecular weight is 458 g/mol. The van der Waals surface area contributed by atoms with Crippen LogP contribution in [0.1, 0.15) is 20.7 Å². The second-order valence-electron chi connectivity index (χ2n) is 6.88. The molecule has 0 bridgehead atoms. The van der Waals surface area contributed by atoms with Crippen molar-refractivity contribution < 1.29 is 18.0 Å². The molecule has 0 radical (unpaired) electrons. The number of sulfonamides is 1. The largest absolute Gasteiger partial charge is 0.345 e. The summed E-state index contributed by atoms with van der Waals surface area (Å²) in [6, 6.07) is 18.5. The van der Waals surface area contributed by atoms with Crippen LogP contribution >= 0.6 is 11.6 Å². The summed E-state index contributed by atoms with van der Waals surface area (Å²) in [5.74, 6) is -0.703. The summed E-state index contributed by atoms with van der Waals surface area (Å²) in [5, 5.41) is 3.08. The van der Waals surface area contributed by atoms with E-state index >= 15 is 0 Å². The highest BCUT2D eigenvalue weighted by atomic mass is 35.5. The van der Waals surface area contributed by atoms with Crippen molar-refractivity contribution in [2.75, 3.05) is 24.1 Å². The number of nitrogens with zero attached hydrogens (tertiary/aromatic N) is 1. The molecule has 3 aromatic rings. The fourth-order valence-electron chi connectivity index (χ4n) is 2.76. The highest BCUT2D eigenvalue weighted by molar-refractivity contribution is 7.92. The number of carbonyl (C=O) groups excluding carboxylic acids is 2. The molecule has 0 saturated heterocycles. The Kier molecular flexibility index (Phi) is 6.62. The third kappa shape index (κ3) is 5.62. The van der Waals surface area contributed by atoms with E-state index in [1.807, 2.05) is 0 Å². The lowest BCUT2D eigenvalue weighted by molar-refractivity contribution is 0.0827. The van der Waals surface area contributed by atoms with Gasteiger partial charge in [-0.2, -0.15) is 0 Å². The zero-order chi connectivity index (χ0) is 22.6. The first-order chi connectivity index (χ1) is 14.7. The molecule has 3 aromatic carbocycles. The normalized spacial score (nSPS) is 10.9. The van der Waals surface area contributed by atoms with Crippen LogP contribution in [0.2, 0.25) is 5.02 Å². The highest BCUT2D eigenvalue weighted by Gasteiger charge is 2.17. The van der Waals surface area contributed by atoms with Crippen LogP contribution in [0, 0.1) is 0 Å². The number of carbonyl (C=O) groups is 2. The van der Waals surface area contributed by atoms with Gasteiger partial charge in [-0.15, -0.1) is 0 Å². The maximum Gasteiger partial charge on any atom is 0.261 e. The Morgan fingerprint density at radius 3 is 2.19 bits per heavy atom. The number of anilines is 2. The van der Waals surface area contributed by atoms with Crippen molar-refractivity contribution in [3.63, 3.8) is 0 Å². The van der Waals surface area contributed by atoms with Gasteiger partial charge in [0.2, 0.25) is 0 Å². The van der Waals surface area contributed by atoms with Gasteiger partial charge in [0.1, 0.15) is 0 Å². The van der Waals surface area contributed by atoms with Crippen LogP contribution in [0.5, 0.6) is 0 Å². The lowest BCUT2D eigenvalue weighted by atomic mass is 10.1. The summed E-state index contributed by atoms with van der Waals surface area (Å²) in [5.41, 5.74) is 1.30. The predicted molar refractivity (Wildman–Crippen MR) is 121 cm³/mol. The molecule has 0 spiro atoms. The van der Waals surface area contributed by atoms with Crippen molar-refractivity contribution in [3.8, 4) is 0 Å². The van der Waals surface area contributed by atoms with E-state index in [1.165, 1.54) is 35.2 Å². The number of hydrogen-bond acceptors (Lipinski definition) is 4. The fourth-order valence-corrected chi connectivity index (χ4v) is 4.05. The Labute approximate surface area is 185 Å². The molecular formula is C22H20ClN3O4S. The lowest BCUT2D eigenvalue weighted by Crippen LogP contribution is -2.22. The molecule has 0 saturated carbocycles. The molecule has 9 heteroatoms. The monoisotopic (exact) mass is 457 g/mol. The van der Waals surface area contributed by atoms with Gasteiger partial charge in [-0.1, -0.05) is 29.8 Å². The first-order valence-electron chi connectivity index (χ1n) is 9.17. The summed E-state index contributed by atoms with van der Waals surface area (Å²) >= 11 is 5.90. The van der Waals surface area contributed by atoms with E-state index < -0.39 is 15.9 Å². The first-order valence-corrected chi connectivity index (χ1v) is 11.0. The maximum absolute atomic E-state index is 12.7. The van der Waals surface area contributed by atoms with Crippen LogP contribution < -0.4 is 10.0 Å². The van der Waals surface area contributed by atoms with Crippen LogP contribution in [0.4, 0.5) is 11.4 Å². The fraction of sp³-hybridized carbons (Fsp3) is 0.0909. The zero-order valence-electron chi connectivity index (χ0n) is 16.8. The quantitative estimate of drug-likeness (QED) is 0.582. The molecule has 0 aliphatic carbocycles. The zero-order valence-corrected chi connectivity index (χ0v) is 18.4. The van der Waals surface area contributed by atoms with Gasteiger partial charge in [0.25, 0.3) is 21.8 Å². The molecule has 31 heavy (non-hydrogen) atoms. The number of rotatable bonds is 6. The van der Waals surface area contributed by atoms with Crippen molar-refractivity contribution in [2.24, 2.45) is 0 Å². The predicted octanol–water partition coefficient (Wildman–Crippen LogP) is 4.09. The van der Waals surface area contributed by atoms with E-state index in [1.54, 1.807) is 56.6 Å². The Bertz CT molecular complexity index is 1240. The van der Waals surface area contributed by atoms with Gasteiger partial charge in [-0.25, -0.2) is 8.42 Å². The first kappa shape index (κ1) is 22.3. The van der Waals surface area contributed by atoms with E-state index in [0.29, 0.717) is 22.0 Å². The summed E-state index contributed by atoms with van der Waals surface area (Å²) in [6.45, 7) is 0. The minimum Gasteiger partial charge on any atom is -0.345 e.